The molecular weight excluding hydrogens is 338 g/mol. The number of carbonyl (C=O) groups is 1. The number of rotatable bonds is 5. The van der Waals surface area contributed by atoms with Crippen LogP contribution in [0.15, 0.2) is 42.6 Å². The molecule has 1 aromatic carbocycles. The van der Waals surface area contributed by atoms with Crippen molar-refractivity contribution in [2.45, 2.75) is 39.2 Å². The van der Waals surface area contributed by atoms with Gasteiger partial charge in [0, 0.05) is 49.3 Å². The van der Waals surface area contributed by atoms with E-state index in [1.54, 1.807) is 0 Å². The van der Waals surface area contributed by atoms with Crippen molar-refractivity contribution in [2.75, 3.05) is 31.1 Å². The Morgan fingerprint density at radius 3 is 2.56 bits per heavy atom. The fraction of sp³-hybridized carbons (Fsp3) is 0.455. The molecule has 27 heavy (non-hydrogen) atoms. The van der Waals surface area contributed by atoms with Crippen LogP contribution in [0, 0.1) is 6.92 Å². The molecule has 1 N–H and O–H groups in total. The number of hydrogen-bond acceptors (Lipinski definition) is 4. The minimum Gasteiger partial charge on any atom is -0.390 e. The molecule has 5 nitrogen and oxygen atoms in total. The van der Waals surface area contributed by atoms with Crippen LogP contribution in [0.5, 0.6) is 0 Å². The first-order valence-corrected chi connectivity index (χ1v) is 9.60. The fourth-order valence-electron chi connectivity index (χ4n) is 3.39. The van der Waals surface area contributed by atoms with Gasteiger partial charge in [0.25, 0.3) is 5.91 Å². The Labute approximate surface area is 161 Å². The number of benzene rings is 1. The van der Waals surface area contributed by atoms with Crippen molar-refractivity contribution < 1.29 is 9.90 Å². The second-order valence-electron chi connectivity index (χ2n) is 7.95. The van der Waals surface area contributed by atoms with E-state index in [4.69, 9.17) is 0 Å². The first-order valence-electron chi connectivity index (χ1n) is 9.60. The zero-order valence-corrected chi connectivity index (χ0v) is 16.5. The highest BCUT2D eigenvalue weighted by molar-refractivity contribution is 5.94. The number of pyridine rings is 1. The summed E-state index contributed by atoms with van der Waals surface area (Å²) in [5.74, 6) is 0.0886. The van der Waals surface area contributed by atoms with E-state index in [2.05, 4.69) is 16.0 Å². The van der Waals surface area contributed by atoms with Crippen LogP contribution in [0.1, 0.15) is 41.9 Å². The van der Waals surface area contributed by atoms with Crippen LogP contribution in [0.3, 0.4) is 0 Å². The van der Waals surface area contributed by atoms with E-state index in [9.17, 15) is 9.90 Å². The number of anilines is 1. The minimum atomic E-state index is -0.693. The van der Waals surface area contributed by atoms with Crippen molar-refractivity contribution >= 4 is 11.6 Å². The molecule has 2 aromatic rings. The molecule has 0 radical (unpaired) electrons. The molecule has 1 amide bonds. The van der Waals surface area contributed by atoms with Crippen LogP contribution in [-0.4, -0.2) is 52.7 Å². The molecule has 2 heterocycles. The van der Waals surface area contributed by atoms with Crippen LogP contribution in [0.25, 0.3) is 0 Å². The summed E-state index contributed by atoms with van der Waals surface area (Å²) in [4.78, 5) is 21.4. The molecule has 3 rings (SSSR count). The normalized spacial score (nSPS) is 15.1. The molecule has 0 aliphatic carbocycles. The molecule has 0 spiro atoms. The Kier molecular flexibility index (Phi) is 5.80. The standard InChI is InChI=1S/C22H29N3O2/c1-17-15-20(8-10-23-17)24-11-13-25(14-12-24)21(26)19-6-4-5-18(16-19)7-9-22(2,3)27/h4-6,8,10,15-16,27H,7,9,11-14H2,1-3H3. The van der Waals surface area contributed by atoms with Gasteiger partial charge in [-0.1, -0.05) is 12.1 Å². The monoisotopic (exact) mass is 367 g/mol. The number of aryl methyl sites for hydroxylation is 2. The summed E-state index contributed by atoms with van der Waals surface area (Å²) in [7, 11) is 0. The lowest BCUT2D eigenvalue weighted by Gasteiger charge is -2.36. The van der Waals surface area contributed by atoms with Crippen molar-refractivity contribution in [3.8, 4) is 0 Å². The van der Waals surface area contributed by atoms with E-state index in [-0.39, 0.29) is 5.91 Å². The number of amides is 1. The number of carbonyl (C=O) groups excluding carboxylic acids is 1. The molecule has 1 aromatic heterocycles. The maximum Gasteiger partial charge on any atom is 0.253 e. The SMILES string of the molecule is Cc1cc(N2CCN(C(=O)c3cccc(CCC(C)(C)O)c3)CC2)ccn1. The highest BCUT2D eigenvalue weighted by Crippen LogP contribution is 2.19. The van der Waals surface area contributed by atoms with Gasteiger partial charge >= 0.3 is 0 Å². The van der Waals surface area contributed by atoms with Crippen LogP contribution in [0.4, 0.5) is 5.69 Å². The predicted molar refractivity (Wildman–Crippen MR) is 108 cm³/mol. The number of aromatic nitrogens is 1. The first kappa shape index (κ1) is 19.4. The summed E-state index contributed by atoms with van der Waals surface area (Å²) in [5.41, 5.74) is 3.31. The largest absolute Gasteiger partial charge is 0.390 e. The highest BCUT2D eigenvalue weighted by atomic mass is 16.3. The van der Waals surface area contributed by atoms with Crippen molar-refractivity contribution in [3.63, 3.8) is 0 Å². The molecule has 0 unspecified atom stereocenters. The summed E-state index contributed by atoms with van der Waals surface area (Å²) in [6.07, 6.45) is 3.27. The van der Waals surface area contributed by atoms with Gasteiger partial charge in [-0.3, -0.25) is 9.78 Å². The zero-order chi connectivity index (χ0) is 19.4. The van der Waals surface area contributed by atoms with Crippen molar-refractivity contribution in [2.24, 2.45) is 0 Å². The van der Waals surface area contributed by atoms with Crippen LogP contribution < -0.4 is 4.90 Å². The Morgan fingerprint density at radius 2 is 1.89 bits per heavy atom. The smallest absolute Gasteiger partial charge is 0.253 e. The molecular formula is C22H29N3O2. The molecule has 0 bridgehead atoms. The highest BCUT2D eigenvalue weighted by Gasteiger charge is 2.22. The summed E-state index contributed by atoms with van der Waals surface area (Å²) in [5, 5.41) is 9.91. The van der Waals surface area contributed by atoms with Crippen LogP contribution in [-0.2, 0) is 6.42 Å². The van der Waals surface area contributed by atoms with E-state index in [1.807, 2.05) is 62.2 Å². The van der Waals surface area contributed by atoms with E-state index in [0.717, 1.165) is 36.3 Å². The molecule has 1 aliphatic rings. The van der Waals surface area contributed by atoms with Crippen molar-refractivity contribution in [3.05, 3.63) is 59.4 Å². The third-order valence-electron chi connectivity index (χ3n) is 5.01. The van der Waals surface area contributed by atoms with Crippen LogP contribution >= 0.6 is 0 Å². The lowest BCUT2D eigenvalue weighted by molar-refractivity contribution is 0.0714. The topological polar surface area (TPSA) is 56.7 Å². The summed E-state index contributed by atoms with van der Waals surface area (Å²) in [6, 6.07) is 11.9. The Bertz CT molecular complexity index is 790. The molecule has 5 heteroatoms. The van der Waals surface area contributed by atoms with Crippen molar-refractivity contribution in [1.29, 1.82) is 0 Å². The molecule has 0 atom stereocenters. The third kappa shape index (κ3) is 5.30. The molecule has 1 fully saturated rings. The average Bonchev–Trinajstić information content (AvgIpc) is 2.66. The van der Waals surface area contributed by atoms with Gasteiger partial charge in [-0.25, -0.2) is 0 Å². The Hall–Kier alpha value is -2.40. The predicted octanol–water partition coefficient (Wildman–Crippen LogP) is 3.06. The van der Waals surface area contributed by atoms with E-state index in [0.29, 0.717) is 19.5 Å². The molecule has 144 valence electrons. The fourth-order valence-corrected chi connectivity index (χ4v) is 3.39. The number of piperazine rings is 1. The number of hydrogen-bond donors (Lipinski definition) is 1. The quantitative estimate of drug-likeness (QED) is 0.882. The van der Waals surface area contributed by atoms with Gasteiger partial charge in [0.15, 0.2) is 0 Å². The third-order valence-corrected chi connectivity index (χ3v) is 5.01. The lowest BCUT2D eigenvalue weighted by Crippen LogP contribution is -2.48. The zero-order valence-electron chi connectivity index (χ0n) is 16.5. The van der Waals surface area contributed by atoms with E-state index >= 15 is 0 Å². The summed E-state index contributed by atoms with van der Waals surface area (Å²) < 4.78 is 0. The van der Waals surface area contributed by atoms with Gasteiger partial charge in [-0.05, 0) is 63.4 Å². The van der Waals surface area contributed by atoms with Gasteiger partial charge in [0.05, 0.1) is 5.60 Å². The van der Waals surface area contributed by atoms with E-state index in [1.165, 1.54) is 5.69 Å². The molecule has 1 aliphatic heterocycles. The molecule has 0 saturated carbocycles. The van der Waals surface area contributed by atoms with E-state index < -0.39 is 5.60 Å². The number of nitrogens with zero attached hydrogens (tertiary/aromatic N) is 3. The summed E-state index contributed by atoms with van der Waals surface area (Å²) >= 11 is 0. The minimum absolute atomic E-state index is 0.0886. The first-order chi connectivity index (χ1) is 12.8. The van der Waals surface area contributed by atoms with Crippen LogP contribution in [0.2, 0.25) is 0 Å². The second kappa shape index (κ2) is 8.09. The maximum atomic E-state index is 12.9. The van der Waals surface area contributed by atoms with Crippen molar-refractivity contribution in [1.82, 2.24) is 9.88 Å². The summed E-state index contributed by atoms with van der Waals surface area (Å²) in [6.45, 7) is 8.70. The van der Waals surface area contributed by atoms with Gasteiger partial charge < -0.3 is 14.9 Å². The number of aliphatic hydroxyl groups is 1. The lowest BCUT2D eigenvalue weighted by atomic mass is 9.97. The Morgan fingerprint density at radius 1 is 1.15 bits per heavy atom. The van der Waals surface area contributed by atoms with Gasteiger partial charge in [0.2, 0.25) is 0 Å². The van der Waals surface area contributed by atoms with Gasteiger partial charge in [-0.15, -0.1) is 0 Å². The maximum absolute atomic E-state index is 12.9. The van der Waals surface area contributed by atoms with Gasteiger partial charge in [0.1, 0.15) is 0 Å². The molecule has 1 saturated heterocycles. The average molecular weight is 367 g/mol. The van der Waals surface area contributed by atoms with Gasteiger partial charge in [-0.2, -0.15) is 0 Å². The Balaban J connectivity index is 1.61. The second-order valence-corrected chi connectivity index (χ2v) is 7.95.